The molecule has 0 unspecified atom stereocenters. The molecule has 2 heterocycles. The van der Waals surface area contributed by atoms with E-state index in [2.05, 4.69) is 15.2 Å². The monoisotopic (exact) mass is 329 g/mol. The van der Waals surface area contributed by atoms with Gasteiger partial charge in [0, 0.05) is 25.6 Å². The van der Waals surface area contributed by atoms with Gasteiger partial charge in [0.25, 0.3) is 5.56 Å². The van der Waals surface area contributed by atoms with E-state index in [1.54, 1.807) is 18.2 Å². The van der Waals surface area contributed by atoms with E-state index in [1.807, 2.05) is 25.1 Å². The fraction of sp³-hybridized carbons (Fsp3) is 0.529. The number of nitrogens with zero attached hydrogens (tertiary/aromatic N) is 5. The Labute approximate surface area is 140 Å². The van der Waals surface area contributed by atoms with Crippen molar-refractivity contribution in [2.24, 2.45) is 0 Å². The van der Waals surface area contributed by atoms with E-state index >= 15 is 0 Å². The molecule has 128 valence electrons. The summed E-state index contributed by atoms with van der Waals surface area (Å²) in [5, 5.41) is 8.53. The van der Waals surface area contributed by atoms with E-state index in [9.17, 15) is 9.59 Å². The largest absolute Gasteiger partial charge is 0.338 e. The fourth-order valence-corrected chi connectivity index (χ4v) is 3.29. The Morgan fingerprint density at radius 2 is 2.12 bits per heavy atom. The summed E-state index contributed by atoms with van der Waals surface area (Å²) in [6.45, 7) is 1.94. The van der Waals surface area contributed by atoms with Crippen LogP contribution in [0.5, 0.6) is 0 Å². The summed E-state index contributed by atoms with van der Waals surface area (Å²) in [4.78, 5) is 29.0. The lowest BCUT2D eigenvalue weighted by Gasteiger charge is -2.27. The molecule has 24 heavy (non-hydrogen) atoms. The van der Waals surface area contributed by atoms with Crippen LogP contribution >= 0.6 is 0 Å². The SMILES string of the molecule is CN(C)C[C@@H]1CCCN1C(=O)CCn1nnc2ccccc2c1=O. The van der Waals surface area contributed by atoms with Crippen LogP contribution in [0.25, 0.3) is 10.9 Å². The van der Waals surface area contributed by atoms with Gasteiger partial charge in [-0.15, -0.1) is 5.10 Å². The molecule has 1 aromatic heterocycles. The molecular formula is C17H23N5O2. The summed E-state index contributed by atoms with van der Waals surface area (Å²) in [6, 6.07) is 7.39. The lowest BCUT2D eigenvalue weighted by atomic mass is 10.2. The van der Waals surface area contributed by atoms with E-state index in [1.165, 1.54) is 4.68 Å². The highest BCUT2D eigenvalue weighted by molar-refractivity contribution is 5.77. The van der Waals surface area contributed by atoms with E-state index in [0.717, 1.165) is 25.9 Å². The number of aromatic nitrogens is 3. The Morgan fingerprint density at radius 1 is 1.33 bits per heavy atom. The van der Waals surface area contributed by atoms with Gasteiger partial charge in [0.15, 0.2) is 0 Å². The first-order valence-corrected chi connectivity index (χ1v) is 8.33. The summed E-state index contributed by atoms with van der Waals surface area (Å²) >= 11 is 0. The second kappa shape index (κ2) is 7.09. The van der Waals surface area contributed by atoms with Crippen molar-refractivity contribution < 1.29 is 4.79 Å². The lowest BCUT2D eigenvalue weighted by Crippen LogP contribution is -2.42. The number of likely N-dealkylation sites (N-methyl/N-ethyl adjacent to an activating group) is 1. The molecular weight excluding hydrogens is 306 g/mol. The summed E-state index contributed by atoms with van der Waals surface area (Å²) < 4.78 is 1.29. The number of aryl methyl sites for hydroxylation is 1. The van der Waals surface area contributed by atoms with Gasteiger partial charge in [0.2, 0.25) is 5.91 Å². The molecule has 0 spiro atoms. The zero-order chi connectivity index (χ0) is 17.1. The Hall–Kier alpha value is -2.28. The number of likely N-dealkylation sites (tertiary alicyclic amines) is 1. The van der Waals surface area contributed by atoms with Gasteiger partial charge < -0.3 is 9.80 Å². The number of carbonyl (C=O) groups excluding carboxylic acids is 1. The van der Waals surface area contributed by atoms with Crippen LogP contribution in [0.15, 0.2) is 29.1 Å². The second-order valence-electron chi connectivity index (χ2n) is 6.53. The average molecular weight is 329 g/mol. The molecule has 2 aromatic rings. The highest BCUT2D eigenvalue weighted by Gasteiger charge is 2.28. The van der Waals surface area contributed by atoms with Gasteiger partial charge in [-0.2, -0.15) is 0 Å². The highest BCUT2D eigenvalue weighted by Crippen LogP contribution is 2.18. The zero-order valence-corrected chi connectivity index (χ0v) is 14.2. The summed E-state index contributed by atoms with van der Waals surface area (Å²) in [5.74, 6) is 0.0845. The number of carbonyl (C=O) groups is 1. The average Bonchev–Trinajstić information content (AvgIpc) is 3.01. The molecule has 1 fully saturated rings. The molecule has 1 aliphatic heterocycles. The van der Waals surface area contributed by atoms with Gasteiger partial charge in [0.1, 0.15) is 5.52 Å². The standard InChI is InChI=1S/C17H23N5O2/c1-20(2)12-13-6-5-10-21(13)16(23)9-11-22-17(24)14-7-3-4-8-15(14)18-19-22/h3-4,7-8,13H,5-6,9-12H2,1-2H3/t13-/m0/s1. The van der Waals surface area contributed by atoms with Crippen molar-refractivity contribution >= 4 is 16.8 Å². The van der Waals surface area contributed by atoms with Crippen LogP contribution in [0.1, 0.15) is 19.3 Å². The van der Waals surface area contributed by atoms with E-state index in [-0.39, 0.29) is 30.5 Å². The minimum atomic E-state index is -0.195. The Kier molecular flexibility index (Phi) is 4.89. The number of rotatable bonds is 5. The van der Waals surface area contributed by atoms with Crippen LogP contribution in [0.3, 0.4) is 0 Å². The van der Waals surface area contributed by atoms with Crippen LogP contribution in [0.2, 0.25) is 0 Å². The molecule has 7 heteroatoms. The van der Waals surface area contributed by atoms with Crippen molar-refractivity contribution in [1.82, 2.24) is 24.8 Å². The third-order valence-electron chi connectivity index (χ3n) is 4.44. The van der Waals surface area contributed by atoms with Crippen LogP contribution in [0.4, 0.5) is 0 Å². The molecule has 0 bridgehead atoms. The number of fused-ring (bicyclic) bond motifs is 1. The van der Waals surface area contributed by atoms with Gasteiger partial charge in [-0.05, 0) is 39.1 Å². The number of amides is 1. The van der Waals surface area contributed by atoms with E-state index in [4.69, 9.17) is 0 Å². The molecule has 0 saturated carbocycles. The van der Waals surface area contributed by atoms with Crippen LogP contribution in [0, 0.1) is 0 Å². The minimum absolute atomic E-state index is 0.0845. The Bertz CT molecular complexity index is 786. The smallest absolute Gasteiger partial charge is 0.277 e. The predicted molar refractivity (Wildman–Crippen MR) is 91.7 cm³/mol. The summed E-state index contributed by atoms with van der Waals surface area (Å²) in [5.41, 5.74) is 0.385. The molecule has 3 rings (SSSR count). The van der Waals surface area contributed by atoms with Crippen molar-refractivity contribution in [3.8, 4) is 0 Å². The van der Waals surface area contributed by atoms with Crippen molar-refractivity contribution in [3.63, 3.8) is 0 Å². The maximum Gasteiger partial charge on any atom is 0.277 e. The van der Waals surface area contributed by atoms with Crippen molar-refractivity contribution in [1.29, 1.82) is 0 Å². The lowest BCUT2D eigenvalue weighted by molar-refractivity contribution is -0.132. The molecule has 0 N–H and O–H groups in total. The minimum Gasteiger partial charge on any atom is -0.338 e. The summed E-state index contributed by atoms with van der Waals surface area (Å²) in [6.07, 6.45) is 2.36. The third kappa shape index (κ3) is 3.46. The van der Waals surface area contributed by atoms with Gasteiger partial charge in [-0.1, -0.05) is 17.3 Å². The quantitative estimate of drug-likeness (QED) is 0.809. The molecule has 0 radical (unpaired) electrons. The predicted octanol–water partition coefficient (Wildman–Crippen LogP) is 0.734. The third-order valence-corrected chi connectivity index (χ3v) is 4.44. The topological polar surface area (TPSA) is 71.3 Å². The number of hydrogen-bond donors (Lipinski definition) is 0. The van der Waals surface area contributed by atoms with Gasteiger partial charge >= 0.3 is 0 Å². The Morgan fingerprint density at radius 3 is 2.92 bits per heavy atom. The maximum atomic E-state index is 12.5. The first-order chi connectivity index (χ1) is 11.6. The molecule has 1 saturated heterocycles. The van der Waals surface area contributed by atoms with E-state index in [0.29, 0.717) is 10.9 Å². The number of hydrogen-bond acceptors (Lipinski definition) is 5. The highest BCUT2D eigenvalue weighted by atomic mass is 16.2. The maximum absolute atomic E-state index is 12.5. The molecule has 7 nitrogen and oxygen atoms in total. The molecule has 0 aliphatic carbocycles. The van der Waals surface area contributed by atoms with Crippen LogP contribution < -0.4 is 5.56 Å². The Balaban J connectivity index is 1.68. The van der Waals surface area contributed by atoms with Gasteiger partial charge in [-0.3, -0.25) is 9.59 Å². The molecule has 1 aromatic carbocycles. The van der Waals surface area contributed by atoms with Crippen LogP contribution in [-0.2, 0) is 11.3 Å². The van der Waals surface area contributed by atoms with Crippen molar-refractivity contribution in [2.75, 3.05) is 27.2 Å². The summed E-state index contributed by atoms with van der Waals surface area (Å²) in [7, 11) is 4.04. The molecule has 1 aliphatic rings. The number of benzene rings is 1. The van der Waals surface area contributed by atoms with Gasteiger partial charge in [-0.25, -0.2) is 4.68 Å². The first-order valence-electron chi connectivity index (χ1n) is 8.33. The molecule has 1 amide bonds. The van der Waals surface area contributed by atoms with Crippen molar-refractivity contribution in [2.45, 2.75) is 31.8 Å². The first kappa shape index (κ1) is 16.6. The molecule has 1 atom stereocenters. The van der Waals surface area contributed by atoms with E-state index < -0.39 is 0 Å². The fourth-order valence-electron chi connectivity index (χ4n) is 3.29. The van der Waals surface area contributed by atoms with Crippen LogP contribution in [-0.4, -0.2) is 63.9 Å². The van der Waals surface area contributed by atoms with Crippen molar-refractivity contribution in [3.05, 3.63) is 34.6 Å². The normalized spacial score (nSPS) is 17.8. The van der Waals surface area contributed by atoms with Gasteiger partial charge in [0.05, 0.1) is 11.9 Å². The zero-order valence-electron chi connectivity index (χ0n) is 14.2. The second-order valence-corrected chi connectivity index (χ2v) is 6.53.